The van der Waals surface area contributed by atoms with E-state index in [-0.39, 0.29) is 12.1 Å². The van der Waals surface area contributed by atoms with E-state index in [9.17, 15) is 4.79 Å². The summed E-state index contributed by atoms with van der Waals surface area (Å²) in [6, 6.07) is 8.17. The molecule has 0 radical (unpaired) electrons. The van der Waals surface area contributed by atoms with Crippen LogP contribution in [0, 0.1) is 6.92 Å². The standard InChI is InChI=1S/C17H26N2O2/c1-13-8-10-16(11-9-13)21-12-14(2)18-17(20)19-15-6-4-3-5-7-15/h8-11,14-15H,3-7,12H2,1-2H3,(H2,18,19,20)/t14-/m0/s1. The van der Waals surface area contributed by atoms with Gasteiger partial charge in [0.15, 0.2) is 0 Å². The third-order valence-corrected chi connectivity index (χ3v) is 3.84. The molecule has 0 spiro atoms. The van der Waals surface area contributed by atoms with Gasteiger partial charge in [0.2, 0.25) is 0 Å². The molecule has 0 aromatic heterocycles. The molecule has 0 bridgehead atoms. The second-order valence-corrected chi connectivity index (χ2v) is 5.98. The molecule has 1 atom stereocenters. The Bertz CT molecular complexity index is 439. The lowest BCUT2D eigenvalue weighted by Gasteiger charge is -2.24. The number of hydrogen-bond acceptors (Lipinski definition) is 2. The number of carbonyl (C=O) groups is 1. The number of carbonyl (C=O) groups excluding carboxylic acids is 1. The topological polar surface area (TPSA) is 50.4 Å². The van der Waals surface area contributed by atoms with Crippen molar-refractivity contribution in [3.05, 3.63) is 29.8 Å². The summed E-state index contributed by atoms with van der Waals surface area (Å²) in [4.78, 5) is 11.9. The molecular weight excluding hydrogens is 264 g/mol. The SMILES string of the molecule is Cc1ccc(OC[C@H](C)NC(=O)NC2CCCCC2)cc1. The molecule has 1 aliphatic rings. The van der Waals surface area contributed by atoms with E-state index >= 15 is 0 Å². The number of amides is 2. The number of urea groups is 1. The van der Waals surface area contributed by atoms with Crippen molar-refractivity contribution in [1.29, 1.82) is 0 Å². The molecule has 0 saturated heterocycles. The quantitative estimate of drug-likeness (QED) is 0.873. The highest BCUT2D eigenvalue weighted by Gasteiger charge is 2.16. The van der Waals surface area contributed by atoms with E-state index in [1.807, 2.05) is 38.1 Å². The average Bonchev–Trinajstić information content (AvgIpc) is 2.47. The van der Waals surface area contributed by atoms with Gasteiger partial charge < -0.3 is 15.4 Å². The van der Waals surface area contributed by atoms with E-state index in [0.717, 1.165) is 18.6 Å². The molecule has 1 aromatic rings. The summed E-state index contributed by atoms with van der Waals surface area (Å²) in [5, 5.41) is 5.98. The van der Waals surface area contributed by atoms with Crippen molar-refractivity contribution in [1.82, 2.24) is 10.6 Å². The molecule has 4 heteroatoms. The van der Waals surface area contributed by atoms with Crippen LogP contribution in [-0.4, -0.2) is 24.7 Å². The summed E-state index contributed by atoms with van der Waals surface area (Å²) in [5.74, 6) is 0.835. The average molecular weight is 290 g/mol. The Hall–Kier alpha value is -1.71. The van der Waals surface area contributed by atoms with Crippen LogP contribution in [0.2, 0.25) is 0 Å². The third-order valence-electron chi connectivity index (χ3n) is 3.84. The molecule has 1 saturated carbocycles. The van der Waals surface area contributed by atoms with Gasteiger partial charge in [0.05, 0.1) is 6.04 Å². The van der Waals surface area contributed by atoms with Gasteiger partial charge >= 0.3 is 6.03 Å². The van der Waals surface area contributed by atoms with Crippen molar-refractivity contribution in [2.24, 2.45) is 0 Å². The van der Waals surface area contributed by atoms with Crippen LogP contribution in [0.5, 0.6) is 5.75 Å². The van der Waals surface area contributed by atoms with E-state index < -0.39 is 0 Å². The van der Waals surface area contributed by atoms with Crippen LogP contribution in [0.1, 0.15) is 44.6 Å². The zero-order chi connectivity index (χ0) is 15.1. The largest absolute Gasteiger partial charge is 0.491 e. The number of hydrogen-bond donors (Lipinski definition) is 2. The Labute approximate surface area is 127 Å². The summed E-state index contributed by atoms with van der Waals surface area (Å²) in [6.07, 6.45) is 5.93. The van der Waals surface area contributed by atoms with Crippen LogP contribution in [0.15, 0.2) is 24.3 Å². The van der Waals surface area contributed by atoms with Crippen LogP contribution >= 0.6 is 0 Å². The fourth-order valence-electron chi connectivity index (χ4n) is 2.60. The summed E-state index contributed by atoms with van der Waals surface area (Å²) in [7, 11) is 0. The molecule has 1 fully saturated rings. The predicted octanol–water partition coefficient (Wildman–Crippen LogP) is 3.39. The van der Waals surface area contributed by atoms with Gasteiger partial charge in [0.1, 0.15) is 12.4 Å². The number of nitrogens with one attached hydrogen (secondary N) is 2. The first kappa shape index (κ1) is 15.7. The summed E-state index contributed by atoms with van der Waals surface area (Å²) < 4.78 is 5.67. The van der Waals surface area contributed by atoms with Gasteiger partial charge in [-0.15, -0.1) is 0 Å². The van der Waals surface area contributed by atoms with E-state index in [1.165, 1.54) is 24.8 Å². The van der Waals surface area contributed by atoms with Gasteiger partial charge in [-0.3, -0.25) is 0 Å². The van der Waals surface area contributed by atoms with Crippen LogP contribution in [0.25, 0.3) is 0 Å². The molecule has 0 unspecified atom stereocenters. The van der Waals surface area contributed by atoms with Crippen molar-refractivity contribution >= 4 is 6.03 Å². The maximum Gasteiger partial charge on any atom is 0.315 e. The Morgan fingerprint density at radius 1 is 1.24 bits per heavy atom. The van der Waals surface area contributed by atoms with Gasteiger partial charge in [-0.05, 0) is 38.8 Å². The van der Waals surface area contributed by atoms with Gasteiger partial charge in [-0.2, -0.15) is 0 Å². The molecule has 1 aromatic carbocycles. The smallest absolute Gasteiger partial charge is 0.315 e. The highest BCUT2D eigenvalue weighted by molar-refractivity contribution is 5.74. The minimum atomic E-state index is -0.0816. The fraction of sp³-hybridized carbons (Fsp3) is 0.588. The highest BCUT2D eigenvalue weighted by atomic mass is 16.5. The van der Waals surface area contributed by atoms with Crippen LogP contribution in [0.4, 0.5) is 4.79 Å². The molecular formula is C17H26N2O2. The predicted molar refractivity (Wildman–Crippen MR) is 84.7 cm³/mol. The second kappa shape index (κ2) is 7.91. The van der Waals surface area contributed by atoms with E-state index in [0.29, 0.717) is 12.6 Å². The van der Waals surface area contributed by atoms with Crippen molar-refractivity contribution < 1.29 is 9.53 Å². The van der Waals surface area contributed by atoms with E-state index in [1.54, 1.807) is 0 Å². The lowest BCUT2D eigenvalue weighted by atomic mass is 9.96. The Kier molecular flexibility index (Phi) is 5.90. The minimum absolute atomic E-state index is 0.0186. The molecule has 21 heavy (non-hydrogen) atoms. The molecule has 2 rings (SSSR count). The van der Waals surface area contributed by atoms with Gasteiger partial charge in [0, 0.05) is 6.04 Å². The third kappa shape index (κ3) is 5.66. The number of aryl methyl sites for hydroxylation is 1. The first-order chi connectivity index (χ1) is 10.1. The molecule has 1 aliphatic carbocycles. The second-order valence-electron chi connectivity index (χ2n) is 5.98. The van der Waals surface area contributed by atoms with Crippen LogP contribution in [0.3, 0.4) is 0 Å². The monoisotopic (exact) mass is 290 g/mol. The summed E-state index contributed by atoms with van der Waals surface area (Å²) in [5.41, 5.74) is 1.21. The van der Waals surface area contributed by atoms with Crippen molar-refractivity contribution in [2.75, 3.05) is 6.61 Å². The maximum absolute atomic E-state index is 11.9. The molecule has 2 amide bonds. The number of ether oxygens (including phenoxy) is 1. The molecule has 0 heterocycles. The van der Waals surface area contributed by atoms with Crippen molar-refractivity contribution in [2.45, 2.75) is 58.0 Å². The van der Waals surface area contributed by atoms with E-state index in [2.05, 4.69) is 10.6 Å². The molecule has 0 aliphatic heterocycles. The molecule has 116 valence electrons. The number of benzene rings is 1. The van der Waals surface area contributed by atoms with Gasteiger partial charge in [-0.25, -0.2) is 4.79 Å². The number of rotatable bonds is 5. The maximum atomic E-state index is 11.9. The first-order valence-corrected chi connectivity index (χ1v) is 7.90. The lowest BCUT2D eigenvalue weighted by molar-refractivity contribution is 0.219. The van der Waals surface area contributed by atoms with Crippen molar-refractivity contribution in [3.63, 3.8) is 0 Å². The lowest BCUT2D eigenvalue weighted by Crippen LogP contribution is -2.47. The molecule has 4 nitrogen and oxygen atoms in total. The normalized spacial score (nSPS) is 17.0. The minimum Gasteiger partial charge on any atom is -0.491 e. The van der Waals surface area contributed by atoms with Gasteiger partial charge in [0.25, 0.3) is 0 Å². The van der Waals surface area contributed by atoms with Gasteiger partial charge in [-0.1, -0.05) is 37.0 Å². The highest BCUT2D eigenvalue weighted by Crippen LogP contribution is 2.17. The van der Waals surface area contributed by atoms with Crippen LogP contribution in [-0.2, 0) is 0 Å². The Morgan fingerprint density at radius 2 is 1.90 bits per heavy atom. The van der Waals surface area contributed by atoms with E-state index in [4.69, 9.17) is 4.74 Å². The molecule has 2 N–H and O–H groups in total. The summed E-state index contributed by atoms with van der Waals surface area (Å²) in [6.45, 7) is 4.47. The summed E-state index contributed by atoms with van der Waals surface area (Å²) >= 11 is 0. The Morgan fingerprint density at radius 3 is 2.57 bits per heavy atom. The zero-order valence-electron chi connectivity index (χ0n) is 13.0. The Balaban J connectivity index is 1.67. The van der Waals surface area contributed by atoms with Crippen molar-refractivity contribution in [3.8, 4) is 5.75 Å². The zero-order valence-corrected chi connectivity index (χ0v) is 13.0. The first-order valence-electron chi connectivity index (χ1n) is 7.90. The fourth-order valence-corrected chi connectivity index (χ4v) is 2.60. The van der Waals surface area contributed by atoms with Crippen LogP contribution < -0.4 is 15.4 Å².